The number of rotatable bonds is 1. The first-order valence-corrected chi connectivity index (χ1v) is 9.72. The van der Waals surface area contributed by atoms with E-state index in [-0.39, 0.29) is 14.9 Å². The van der Waals surface area contributed by atoms with Crippen LogP contribution in [0.15, 0.2) is 30.6 Å². The number of likely N-dealkylation sites (N-methyl/N-ethyl adjacent to an activating group) is 1. The SMILES string of the molecule is C.C.CC.CC.CN.CNC.CNC1CN2CCC1CC2.c1ccncc1. The van der Waals surface area contributed by atoms with Gasteiger partial charge in [-0.3, -0.25) is 4.98 Å². The minimum Gasteiger partial charge on any atom is -0.333 e. The summed E-state index contributed by atoms with van der Waals surface area (Å²) < 4.78 is 0. The molecule has 4 rings (SSSR count). The molecule has 0 aliphatic carbocycles. The van der Waals surface area contributed by atoms with Crippen LogP contribution in [0.25, 0.3) is 0 Å². The molecule has 5 nitrogen and oxygen atoms in total. The Hall–Kier alpha value is -1.01. The maximum Gasteiger partial charge on any atom is 0.0267 e. The highest BCUT2D eigenvalue weighted by Gasteiger charge is 2.32. The van der Waals surface area contributed by atoms with Gasteiger partial charge in [-0.05, 0) is 72.2 Å². The van der Waals surface area contributed by atoms with Crippen molar-refractivity contribution in [3.63, 3.8) is 0 Å². The van der Waals surface area contributed by atoms with Crippen LogP contribution >= 0.6 is 0 Å². The molecule has 27 heavy (non-hydrogen) atoms. The zero-order chi connectivity index (χ0) is 19.9. The number of nitrogens with zero attached hydrogens (tertiary/aromatic N) is 2. The molecule has 3 aliphatic rings. The number of hydrogen-bond donors (Lipinski definition) is 3. The highest BCUT2D eigenvalue weighted by atomic mass is 15.2. The molecule has 0 radical (unpaired) electrons. The van der Waals surface area contributed by atoms with Crippen LogP contribution in [0.2, 0.25) is 0 Å². The Balaban J connectivity index is -0.0000000833. The number of aromatic nitrogens is 1. The van der Waals surface area contributed by atoms with Crippen LogP contribution in [0.4, 0.5) is 0 Å². The maximum absolute atomic E-state index is 4.50. The van der Waals surface area contributed by atoms with Crippen molar-refractivity contribution in [2.75, 3.05) is 47.8 Å². The van der Waals surface area contributed by atoms with E-state index in [9.17, 15) is 0 Å². The molecule has 3 fully saturated rings. The van der Waals surface area contributed by atoms with Gasteiger partial charge in [-0.1, -0.05) is 48.6 Å². The molecule has 3 aliphatic heterocycles. The summed E-state index contributed by atoms with van der Waals surface area (Å²) >= 11 is 0. The summed E-state index contributed by atoms with van der Waals surface area (Å²) in [7, 11) is 7.34. The van der Waals surface area contributed by atoms with Crippen LogP contribution in [0, 0.1) is 5.92 Å². The summed E-state index contributed by atoms with van der Waals surface area (Å²) in [6.45, 7) is 12.0. The zero-order valence-electron chi connectivity index (χ0n) is 18.0. The van der Waals surface area contributed by atoms with E-state index in [1.807, 2.05) is 60.0 Å². The summed E-state index contributed by atoms with van der Waals surface area (Å²) in [5.41, 5.74) is 4.50. The van der Waals surface area contributed by atoms with Crippen LogP contribution < -0.4 is 16.4 Å². The molecule has 5 heteroatoms. The Morgan fingerprint density at radius 3 is 1.41 bits per heavy atom. The molecule has 4 heterocycles. The van der Waals surface area contributed by atoms with Crippen LogP contribution in [-0.4, -0.2) is 63.8 Å². The van der Waals surface area contributed by atoms with Gasteiger partial charge in [0, 0.05) is 25.0 Å². The Bertz CT molecular complexity index is 274. The van der Waals surface area contributed by atoms with Gasteiger partial charge in [0.2, 0.25) is 0 Å². The average Bonchev–Trinajstić information content (AvgIpc) is 2.75. The van der Waals surface area contributed by atoms with Crippen molar-refractivity contribution in [3.8, 4) is 0 Å². The predicted octanol–water partition coefficient (Wildman–Crippen LogP) is 4.12. The molecule has 1 aromatic heterocycles. The quantitative estimate of drug-likeness (QED) is 0.676. The van der Waals surface area contributed by atoms with E-state index in [0.29, 0.717) is 0 Å². The fourth-order valence-electron chi connectivity index (χ4n) is 2.60. The molecule has 2 bridgehead atoms. The smallest absolute Gasteiger partial charge is 0.0267 e. The molecule has 4 N–H and O–H groups in total. The second-order valence-corrected chi connectivity index (χ2v) is 5.06. The van der Waals surface area contributed by atoms with E-state index in [4.69, 9.17) is 0 Å². The molecule has 3 saturated heterocycles. The molecule has 1 atom stereocenters. The van der Waals surface area contributed by atoms with Crippen LogP contribution in [0.1, 0.15) is 55.4 Å². The van der Waals surface area contributed by atoms with Crippen molar-refractivity contribution in [2.45, 2.75) is 61.4 Å². The van der Waals surface area contributed by atoms with E-state index < -0.39 is 0 Å². The zero-order valence-corrected chi connectivity index (χ0v) is 18.0. The number of nitrogens with one attached hydrogen (secondary N) is 2. The van der Waals surface area contributed by atoms with Gasteiger partial charge in [-0.2, -0.15) is 0 Å². The number of hydrogen-bond acceptors (Lipinski definition) is 5. The second kappa shape index (κ2) is 32.6. The third-order valence-electron chi connectivity index (χ3n) is 3.59. The van der Waals surface area contributed by atoms with Crippen molar-refractivity contribution < 1.29 is 0 Å². The predicted molar refractivity (Wildman–Crippen MR) is 128 cm³/mol. The number of nitrogens with two attached hydrogens (primary N) is 1. The number of fused-ring (bicyclic) bond motifs is 3. The molecule has 0 amide bonds. The fraction of sp³-hybridized carbons (Fsp3) is 0.773. The van der Waals surface area contributed by atoms with Crippen molar-refractivity contribution in [1.29, 1.82) is 0 Å². The topological polar surface area (TPSA) is 66.2 Å². The Morgan fingerprint density at radius 2 is 1.26 bits per heavy atom. The highest BCUT2D eigenvalue weighted by molar-refractivity contribution is 4.90. The van der Waals surface area contributed by atoms with Crippen LogP contribution in [0.3, 0.4) is 0 Å². The first-order valence-electron chi connectivity index (χ1n) is 9.72. The summed E-state index contributed by atoms with van der Waals surface area (Å²) in [5.74, 6) is 0.981. The van der Waals surface area contributed by atoms with Crippen molar-refractivity contribution in [1.82, 2.24) is 20.5 Å². The van der Waals surface area contributed by atoms with Gasteiger partial charge in [0.15, 0.2) is 0 Å². The molecule has 1 unspecified atom stereocenters. The molecule has 166 valence electrons. The minimum atomic E-state index is 0. The number of piperidine rings is 3. The standard InChI is InChI=1S/C8H16N2.C5H5N.C2H7N.2C2H6.CH5N.2CH4/c1-9-8-6-10-4-2-7(8)3-5-10;1-2-4-6-5-3-1;1-3-2;3*1-2;;/h7-9H,2-6H2,1H3;1-5H;3H,1-2H3;2*1-2H3;2H2,1H3;2*1H4. The average molecular weight is 388 g/mol. The van der Waals surface area contributed by atoms with Gasteiger partial charge in [0.1, 0.15) is 0 Å². The molecule has 0 spiro atoms. The van der Waals surface area contributed by atoms with Gasteiger partial charge in [0.25, 0.3) is 0 Å². The van der Waals surface area contributed by atoms with Gasteiger partial charge in [-0.25, -0.2) is 0 Å². The monoisotopic (exact) mass is 387 g/mol. The number of pyridine rings is 1. The van der Waals surface area contributed by atoms with Crippen molar-refractivity contribution in [2.24, 2.45) is 11.7 Å². The van der Waals surface area contributed by atoms with Gasteiger partial charge in [-0.15, -0.1) is 0 Å². The van der Waals surface area contributed by atoms with Gasteiger partial charge >= 0.3 is 0 Å². The van der Waals surface area contributed by atoms with E-state index in [1.165, 1.54) is 39.5 Å². The third-order valence-corrected chi connectivity index (χ3v) is 3.59. The molecule has 1 aromatic rings. The molecule has 0 aromatic carbocycles. The fourth-order valence-corrected chi connectivity index (χ4v) is 2.60. The maximum atomic E-state index is 4.50. The summed E-state index contributed by atoms with van der Waals surface area (Å²) in [6.07, 6.45) is 6.34. The minimum absolute atomic E-state index is 0. The highest BCUT2D eigenvalue weighted by Crippen LogP contribution is 2.26. The van der Waals surface area contributed by atoms with Crippen LogP contribution in [-0.2, 0) is 0 Å². The van der Waals surface area contributed by atoms with Crippen molar-refractivity contribution >= 4 is 0 Å². The van der Waals surface area contributed by atoms with Gasteiger partial charge < -0.3 is 21.3 Å². The summed E-state index contributed by atoms with van der Waals surface area (Å²) in [6, 6.07) is 6.51. The lowest BCUT2D eigenvalue weighted by molar-refractivity contribution is 0.0764. The lowest BCUT2D eigenvalue weighted by atomic mass is 9.84. The lowest BCUT2D eigenvalue weighted by Gasteiger charge is -2.44. The largest absolute Gasteiger partial charge is 0.333 e. The first-order chi connectivity index (χ1) is 12.3. The first kappa shape index (κ1) is 36.8. The van der Waals surface area contributed by atoms with E-state index in [0.717, 1.165) is 12.0 Å². The van der Waals surface area contributed by atoms with Crippen LogP contribution in [0.5, 0.6) is 0 Å². The Labute approximate surface area is 172 Å². The molecular formula is C22H53N5. The van der Waals surface area contributed by atoms with E-state index in [2.05, 4.69) is 33.3 Å². The van der Waals surface area contributed by atoms with E-state index >= 15 is 0 Å². The normalized spacial score (nSPS) is 20.1. The summed E-state index contributed by atoms with van der Waals surface area (Å²) in [4.78, 5) is 6.36. The van der Waals surface area contributed by atoms with Gasteiger partial charge in [0.05, 0.1) is 0 Å². The third kappa shape index (κ3) is 21.2. The second-order valence-electron chi connectivity index (χ2n) is 5.06. The van der Waals surface area contributed by atoms with E-state index in [1.54, 1.807) is 12.4 Å². The molecule has 0 saturated carbocycles. The van der Waals surface area contributed by atoms with Crippen molar-refractivity contribution in [3.05, 3.63) is 30.6 Å². The Kier molecular flexibility index (Phi) is 44.5. The Morgan fingerprint density at radius 1 is 0.852 bits per heavy atom. The summed E-state index contributed by atoms with van der Waals surface area (Å²) in [5, 5.41) is 6.14. The molecular weight excluding hydrogens is 334 g/mol. The lowest BCUT2D eigenvalue weighted by Crippen LogP contribution is -2.55.